The number of aliphatic hydroxyl groups is 1. The van der Waals surface area contributed by atoms with Gasteiger partial charge in [-0.1, -0.05) is 13.8 Å². The Balaban J connectivity index is 1.57. The summed E-state index contributed by atoms with van der Waals surface area (Å²) in [6.07, 6.45) is 1.11. The first-order chi connectivity index (χ1) is 18.2. The fourth-order valence-electron chi connectivity index (χ4n) is 5.49. The molecule has 0 aromatic heterocycles. The zero-order valence-electron chi connectivity index (χ0n) is 21.1. The molecule has 2 aliphatic rings. The number of ether oxygens (including phenoxy) is 1. The van der Waals surface area contributed by atoms with Crippen LogP contribution in [0.25, 0.3) is 0 Å². The minimum absolute atomic E-state index is 0.101. The van der Waals surface area contributed by atoms with Crippen LogP contribution in [0.1, 0.15) is 43.5 Å². The number of benzene rings is 2. The molecule has 2 unspecified atom stereocenters. The number of halogens is 4. The number of carbonyl (C=O) groups is 2. The highest BCUT2D eigenvalue weighted by Crippen LogP contribution is 2.55. The molecule has 0 radical (unpaired) electrons. The van der Waals surface area contributed by atoms with Crippen LogP contribution in [-0.2, 0) is 19.4 Å². The van der Waals surface area contributed by atoms with E-state index < -0.39 is 62.0 Å². The summed E-state index contributed by atoms with van der Waals surface area (Å²) in [5.41, 5.74) is 3.84. The normalized spacial score (nSPS) is 25.1. The van der Waals surface area contributed by atoms with Gasteiger partial charge in [-0.3, -0.25) is 9.59 Å². The van der Waals surface area contributed by atoms with Crippen molar-refractivity contribution in [1.29, 1.82) is 0 Å². The van der Waals surface area contributed by atoms with Crippen molar-refractivity contribution < 1.29 is 41.0 Å². The SMILES string of the molecule is CC(C)[C@H](N)C(=O)OC[C@@]1(O)CC2CCC1[C@@H]2S(=O)(=O)c1cc(C(=O)Nc2cc(F)c(F)c(F)c2)ccc1I. The molecular formula is C26H28F3IN2O6S. The summed E-state index contributed by atoms with van der Waals surface area (Å²) in [6.45, 7) is 3.14. The molecule has 2 aromatic rings. The number of carbonyl (C=O) groups excluding carboxylic acids is 2. The second-order valence-corrected chi connectivity index (χ2v) is 13.7. The smallest absolute Gasteiger partial charge is 0.323 e. The van der Waals surface area contributed by atoms with Crippen LogP contribution < -0.4 is 11.1 Å². The molecule has 0 heterocycles. The van der Waals surface area contributed by atoms with Crippen molar-refractivity contribution in [3.63, 3.8) is 0 Å². The molecule has 4 rings (SSSR count). The van der Waals surface area contributed by atoms with Crippen LogP contribution >= 0.6 is 22.6 Å². The van der Waals surface area contributed by atoms with Gasteiger partial charge in [0, 0.05) is 32.9 Å². The molecule has 2 aromatic carbocycles. The van der Waals surface area contributed by atoms with Gasteiger partial charge in [0.2, 0.25) is 0 Å². The molecule has 0 spiro atoms. The lowest BCUT2D eigenvalue weighted by atomic mass is 9.85. The Morgan fingerprint density at radius 1 is 1.18 bits per heavy atom. The Kier molecular flexibility index (Phi) is 8.37. The number of rotatable bonds is 8. The first-order valence-electron chi connectivity index (χ1n) is 12.3. The van der Waals surface area contributed by atoms with Crippen molar-refractivity contribution in [1.82, 2.24) is 0 Å². The Morgan fingerprint density at radius 3 is 2.44 bits per heavy atom. The second-order valence-electron chi connectivity index (χ2n) is 10.5. The van der Waals surface area contributed by atoms with E-state index >= 15 is 0 Å². The van der Waals surface area contributed by atoms with Crippen LogP contribution in [0.4, 0.5) is 18.9 Å². The van der Waals surface area contributed by atoms with Crippen molar-refractivity contribution in [3.8, 4) is 0 Å². The number of nitrogens with one attached hydrogen (secondary N) is 1. The maximum absolute atomic E-state index is 13.9. The molecule has 13 heteroatoms. The molecule has 5 atom stereocenters. The molecule has 2 aliphatic carbocycles. The van der Waals surface area contributed by atoms with Crippen LogP contribution in [0.2, 0.25) is 0 Å². The highest BCUT2D eigenvalue weighted by Gasteiger charge is 2.61. The third-order valence-corrected chi connectivity index (χ3v) is 11.3. The van der Waals surface area contributed by atoms with Gasteiger partial charge >= 0.3 is 5.97 Å². The van der Waals surface area contributed by atoms with Crippen molar-refractivity contribution >= 4 is 50.0 Å². The van der Waals surface area contributed by atoms with Gasteiger partial charge in [-0.25, -0.2) is 21.6 Å². The van der Waals surface area contributed by atoms with E-state index in [2.05, 4.69) is 5.32 Å². The molecule has 2 bridgehead atoms. The minimum Gasteiger partial charge on any atom is -0.461 e. The van der Waals surface area contributed by atoms with Crippen LogP contribution in [0.3, 0.4) is 0 Å². The van der Waals surface area contributed by atoms with Gasteiger partial charge in [0.25, 0.3) is 5.91 Å². The first-order valence-corrected chi connectivity index (χ1v) is 14.9. The summed E-state index contributed by atoms with van der Waals surface area (Å²) in [4.78, 5) is 24.9. The number of nitrogens with two attached hydrogens (primary N) is 1. The number of hydrogen-bond donors (Lipinski definition) is 3. The Labute approximate surface area is 237 Å². The number of hydrogen-bond acceptors (Lipinski definition) is 7. The summed E-state index contributed by atoms with van der Waals surface area (Å²) in [7, 11) is -4.07. The molecule has 212 valence electrons. The zero-order valence-corrected chi connectivity index (χ0v) is 24.1. The lowest BCUT2D eigenvalue weighted by molar-refractivity contribution is -0.157. The quantitative estimate of drug-likeness (QED) is 0.220. The molecule has 0 saturated heterocycles. The zero-order chi connectivity index (χ0) is 28.9. The van der Waals surface area contributed by atoms with Gasteiger partial charge in [0.15, 0.2) is 27.3 Å². The summed E-state index contributed by atoms with van der Waals surface area (Å²) < 4.78 is 73.7. The van der Waals surface area contributed by atoms with E-state index in [1.807, 2.05) is 22.6 Å². The molecule has 2 saturated carbocycles. The number of esters is 1. The van der Waals surface area contributed by atoms with Gasteiger partial charge < -0.3 is 20.9 Å². The number of anilines is 1. The third kappa shape index (κ3) is 5.68. The van der Waals surface area contributed by atoms with Gasteiger partial charge in [0.05, 0.1) is 10.1 Å². The van der Waals surface area contributed by atoms with Crippen LogP contribution in [0.5, 0.6) is 0 Å². The Morgan fingerprint density at radius 2 is 1.82 bits per heavy atom. The minimum atomic E-state index is -4.07. The van der Waals surface area contributed by atoms with E-state index in [0.29, 0.717) is 28.5 Å². The number of fused-ring (bicyclic) bond motifs is 2. The summed E-state index contributed by atoms with van der Waals surface area (Å²) in [5.74, 6) is -7.45. The van der Waals surface area contributed by atoms with Crippen molar-refractivity contribution in [2.75, 3.05) is 11.9 Å². The van der Waals surface area contributed by atoms with Crippen molar-refractivity contribution in [2.24, 2.45) is 23.5 Å². The maximum atomic E-state index is 13.9. The summed E-state index contributed by atoms with van der Waals surface area (Å²) in [6, 6.07) is 4.29. The van der Waals surface area contributed by atoms with Gasteiger partial charge in [-0.05, 0) is 71.9 Å². The molecule has 4 N–H and O–H groups in total. The summed E-state index contributed by atoms with van der Waals surface area (Å²) >= 11 is 1.83. The average molecular weight is 680 g/mol. The lowest BCUT2D eigenvalue weighted by Crippen LogP contribution is -2.46. The van der Waals surface area contributed by atoms with E-state index in [1.54, 1.807) is 13.8 Å². The van der Waals surface area contributed by atoms with Gasteiger partial charge in [-0.15, -0.1) is 0 Å². The van der Waals surface area contributed by atoms with Gasteiger partial charge in [0.1, 0.15) is 18.2 Å². The standard InChI is InChI=1S/C26H28F3IN2O6S/c1-12(2)22(31)25(34)38-11-26(35)10-14-3-5-16(26)23(14)39(36,37)20-7-13(4-6-19(20)30)24(33)32-15-8-17(27)21(29)18(28)9-15/h4,6-9,12,14,16,22-23,35H,3,5,10-11,31H2,1-2H3,(H,32,33)/t14?,16?,22-,23+,26-/m0/s1. The van der Waals surface area contributed by atoms with E-state index in [-0.39, 0.29) is 41.0 Å². The Bertz CT molecular complexity index is 1400. The van der Waals surface area contributed by atoms with E-state index in [0.717, 1.165) is 0 Å². The molecule has 1 amide bonds. The summed E-state index contributed by atoms with van der Waals surface area (Å²) in [5, 5.41) is 12.6. The predicted molar refractivity (Wildman–Crippen MR) is 144 cm³/mol. The van der Waals surface area contributed by atoms with Gasteiger partial charge in [-0.2, -0.15) is 0 Å². The van der Waals surface area contributed by atoms with E-state index in [9.17, 15) is 36.3 Å². The molecule has 39 heavy (non-hydrogen) atoms. The second kappa shape index (κ2) is 11.0. The molecular weight excluding hydrogens is 652 g/mol. The van der Waals surface area contributed by atoms with Crippen LogP contribution in [-0.4, -0.2) is 48.9 Å². The highest BCUT2D eigenvalue weighted by molar-refractivity contribution is 14.1. The number of sulfone groups is 1. The largest absolute Gasteiger partial charge is 0.461 e. The Hall–Kier alpha value is -2.23. The van der Waals surface area contributed by atoms with Crippen LogP contribution in [0, 0.1) is 38.8 Å². The first kappa shape index (κ1) is 29.7. The molecule has 8 nitrogen and oxygen atoms in total. The number of amides is 1. The van der Waals surface area contributed by atoms with E-state index in [4.69, 9.17) is 10.5 Å². The fourth-order valence-corrected chi connectivity index (χ4v) is 9.23. The topological polar surface area (TPSA) is 136 Å². The molecule has 2 fully saturated rings. The monoisotopic (exact) mass is 680 g/mol. The predicted octanol–water partition coefficient (Wildman–Crippen LogP) is 3.79. The fraction of sp³-hybridized carbons (Fsp3) is 0.462. The van der Waals surface area contributed by atoms with Crippen molar-refractivity contribution in [3.05, 3.63) is 56.9 Å². The third-order valence-electron chi connectivity index (χ3n) is 7.57. The van der Waals surface area contributed by atoms with E-state index in [1.165, 1.54) is 18.2 Å². The van der Waals surface area contributed by atoms with Crippen molar-refractivity contribution in [2.45, 2.75) is 54.9 Å². The average Bonchev–Trinajstić information content (AvgIpc) is 3.42. The lowest BCUT2D eigenvalue weighted by Gasteiger charge is -2.32. The van der Waals surface area contributed by atoms with Crippen LogP contribution in [0.15, 0.2) is 35.2 Å². The maximum Gasteiger partial charge on any atom is 0.323 e. The highest BCUT2D eigenvalue weighted by atomic mass is 127. The molecule has 0 aliphatic heterocycles.